The molecule has 0 aliphatic heterocycles. The molecule has 0 heterocycles. The van der Waals surface area contributed by atoms with Crippen molar-refractivity contribution in [2.45, 2.75) is 119 Å². The molecule has 0 atom stereocenters. The van der Waals surface area contributed by atoms with E-state index in [0.29, 0.717) is 17.2 Å². The summed E-state index contributed by atoms with van der Waals surface area (Å²) in [6.07, 6.45) is 2.31. The standard InChI is InChI=1S/C42H54O3/c1-25-31(19-28-13-16-37(43)34(22-28)40(4,5)6)26(2)33(21-30-15-18-39(45)36(24-30)42(10,11)12)27(3)32(25)20-29-14-17-38(44)35(23-29)41(7,8)9/h13-18,22-24,43-45H,19-21H2,1-12H3. The van der Waals surface area contributed by atoms with Crippen molar-refractivity contribution in [3.63, 3.8) is 0 Å². The first-order valence-electron chi connectivity index (χ1n) is 16.3. The van der Waals surface area contributed by atoms with Crippen LogP contribution in [0.4, 0.5) is 0 Å². The molecule has 0 bridgehead atoms. The molecule has 240 valence electrons. The van der Waals surface area contributed by atoms with Gasteiger partial charge in [-0.15, -0.1) is 0 Å². The van der Waals surface area contributed by atoms with E-state index in [2.05, 4.69) is 101 Å². The van der Waals surface area contributed by atoms with Gasteiger partial charge in [-0.25, -0.2) is 0 Å². The molecule has 0 amide bonds. The molecule has 0 aromatic heterocycles. The Morgan fingerprint density at radius 1 is 0.400 bits per heavy atom. The summed E-state index contributed by atoms with van der Waals surface area (Å²) in [6, 6.07) is 18.2. The van der Waals surface area contributed by atoms with Gasteiger partial charge in [0.25, 0.3) is 0 Å². The lowest BCUT2D eigenvalue weighted by Gasteiger charge is -2.26. The molecule has 0 aliphatic rings. The van der Waals surface area contributed by atoms with Crippen LogP contribution in [0.5, 0.6) is 17.2 Å². The molecule has 4 aromatic carbocycles. The molecule has 4 rings (SSSR count). The van der Waals surface area contributed by atoms with Gasteiger partial charge in [0.05, 0.1) is 0 Å². The molecular weight excluding hydrogens is 552 g/mol. The Bertz CT molecular complexity index is 1490. The number of aromatic hydroxyl groups is 3. The molecule has 0 saturated carbocycles. The van der Waals surface area contributed by atoms with E-state index in [9.17, 15) is 15.3 Å². The molecule has 0 aliphatic carbocycles. The fourth-order valence-electron chi connectivity index (χ4n) is 6.68. The summed E-state index contributed by atoms with van der Waals surface area (Å²) < 4.78 is 0. The molecule has 0 radical (unpaired) electrons. The summed E-state index contributed by atoms with van der Waals surface area (Å²) in [4.78, 5) is 0. The second kappa shape index (κ2) is 12.2. The molecule has 0 saturated heterocycles. The fourth-order valence-corrected chi connectivity index (χ4v) is 6.68. The molecular formula is C42H54O3. The molecule has 45 heavy (non-hydrogen) atoms. The van der Waals surface area contributed by atoms with E-state index >= 15 is 0 Å². The number of rotatable bonds is 6. The topological polar surface area (TPSA) is 60.7 Å². The van der Waals surface area contributed by atoms with Crippen LogP contribution in [0.1, 0.15) is 129 Å². The number of benzene rings is 4. The Morgan fingerprint density at radius 3 is 0.822 bits per heavy atom. The molecule has 0 unspecified atom stereocenters. The zero-order valence-corrected chi connectivity index (χ0v) is 29.7. The first-order chi connectivity index (χ1) is 20.7. The average molecular weight is 607 g/mol. The summed E-state index contributed by atoms with van der Waals surface area (Å²) in [7, 11) is 0. The van der Waals surface area contributed by atoms with E-state index in [1.54, 1.807) is 0 Å². The van der Waals surface area contributed by atoms with Crippen molar-refractivity contribution in [2.75, 3.05) is 0 Å². The minimum absolute atomic E-state index is 0.166. The highest BCUT2D eigenvalue weighted by atomic mass is 16.3. The Balaban J connectivity index is 1.91. The van der Waals surface area contributed by atoms with Gasteiger partial charge in [-0.05, 0) is 141 Å². The van der Waals surface area contributed by atoms with Crippen LogP contribution in [-0.2, 0) is 35.5 Å². The predicted octanol–water partition coefficient (Wildman–Crippen LogP) is 10.4. The van der Waals surface area contributed by atoms with Gasteiger partial charge in [-0.2, -0.15) is 0 Å². The van der Waals surface area contributed by atoms with Gasteiger partial charge in [0.2, 0.25) is 0 Å². The quantitative estimate of drug-likeness (QED) is 0.205. The Labute approximate surface area is 272 Å². The van der Waals surface area contributed by atoms with Crippen molar-refractivity contribution in [2.24, 2.45) is 0 Å². The van der Waals surface area contributed by atoms with Crippen LogP contribution in [0.2, 0.25) is 0 Å². The van der Waals surface area contributed by atoms with Crippen LogP contribution < -0.4 is 0 Å². The maximum absolute atomic E-state index is 10.7. The monoisotopic (exact) mass is 606 g/mol. The summed E-state index contributed by atoms with van der Waals surface area (Å²) in [5, 5.41) is 32.0. The fraction of sp³-hybridized carbons (Fsp3) is 0.429. The first kappa shape index (κ1) is 34.2. The van der Waals surface area contributed by atoms with E-state index in [1.807, 2.05) is 36.4 Å². The normalized spacial score (nSPS) is 12.5. The predicted molar refractivity (Wildman–Crippen MR) is 189 cm³/mol. The van der Waals surface area contributed by atoms with Gasteiger partial charge < -0.3 is 15.3 Å². The molecule has 4 aromatic rings. The van der Waals surface area contributed by atoms with Crippen molar-refractivity contribution >= 4 is 0 Å². The zero-order valence-electron chi connectivity index (χ0n) is 29.7. The van der Waals surface area contributed by atoms with E-state index in [4.69, 9.17) is 0 Å². The minimum atomic E-state index is -0.166. The molecule has 3 heteroatoms. The lowest BCUT2D eigenvalue weighted by molar-refractivity contribution is 0.445. The molecule has 3 N–H and O–H groups in total. The SMILES string of the molecule is Cc1c(Cc2ccc(O)c(C(C)(C)C)c2)c(C)c(Cc2ccc(O)c(C(C)(C)C)c2)c(C)c1Cc1ccc(O)c(C(C)(C)C)c1. The Hall–Kier alpha value is -3.72. The first-order valence-corrected chi connectivity index (χ1v) is 16.3. The van der Waals surface area contributed by atoms with Gasteiger partial charge in [-0.1, -0.05) is 98.7 Å². The number of hydrogen-bond acceptors (Lipinski definition) is 3. The molecule has 3 nitrogen and oxygen atoms in total. The van der Waals surface area contributed by atoms with Crippen LogP contribution in [0.15, 0.2) is 54.6 Å². The number of phenolic OH excluding ortho intramolecular Hbond substituents is 3. The van der Waals surface area contributed by atoms with Gasteiger partial charge in [0.1, 0.15) is 17.2 Å². The van der Waals surface area contributed by atoms with E-state index in [1.165, 1.54) is 50.1 Å². The summed E-state index contributed by atoms with van der Waals surface area (Å²) in [5.74, 6) is 1.02. The van der Waals surface area contributed by atoms with Gasteiger partial charge in [-0.3, -0.25) is 0 Å². The van der Waals surface area contributed by atoms with E-state index in [0.717, 1.165) is 36.0 Å². The lowest BCUT2D eigenvalue weighted by atomic mass is 9.79. The van der Waals surface area contributed by atoms with Crippen LogP contribution in [0.3, 0.4) is 0 Å². The van der Waals surface area contributed by atoms with Gasteiger partial charge >= 0.3 is 0 Å². The smallest absolute Gasteiger partial charge is 0.119 e. The average Bonchev–Trinajstić information content (AvgIpc) is 2.92. The van der Waals surface area contributed by atoms with Crippen LogP contribution >= 0.6 is 0 Å². The summed E-state index contributed by atoms with van der Waals surface area (Å²) in [6.45, 7) is 26.0. The van der Waals surface area contributed by atoms with Gasteiger partial charge in [0.15, 0.2) is 0 Å². The second-order valence-electron chi connectivity index (χ2n) is 16.1. The van der Waals surface area contributed by atoms with Crippen LogP contribution in [0.25, 0.3) is 0 Å². The highest BCUT2D eigenvalue weighted by molar-refractivity contribution is 5.56. The van der Waals surface area contributed by atoms with E-state index in [-0.39, 0.29) is 16.2 Å². The van der Waals surface area contributed by atoms with Crippen LogP contribution in [-0.4, -0.2) is 15.3 Å². The molecule has 0 spiro atoms. The van der Waals surface area contributed by atoms with Gasteiger partial charge in [0, 0.05) is 0 Å². The summed E-state index contributed by atoms with van der Waals surface area (Å²) >= 11 is 0. The maximum atomic E-state index is 10.7. The summed E-state index contributed by atoms with van der Waals surface area (Å²) in [5.41, 5.74) is 13.8. The van der Waals surface area contributed by atoms with Crippen molar-refractivity contribution in [1.82, 2.24) is 0 Å². The van der Waals surface area contributed by atoms with Crippen molar-refractivity contribution < 1.29 is 15.3 Å². The minimum Gasteiger partial charge on any atom is -0.508 e. The number of phenols is 3. The second-order valence-corrected chi connectivity index (χ2v) is 16.1. The highest BCUT2D eigenvalue weighted by Crippen LogP contribution is 2.38. The van der Waals surface area contributed by atoms with Crippen molar-refractivity contribution in [1.29, 1.82) is 0 Å². The largest absolute Gasteiger partial charge is 0.508 e. The van der Waals surface area contributed by atoms with E-state index < -0.39 is 0 Å². The third-order valence-electron chi connectivity index (χ3n) is 9.47. The third-order valence-corrected chi connectivity index (χ3v) is 9.47. The van der Waals surface area contributed by atoms with Crippen molar-refractivity contribution in [3.8, 4) is 17.2 Å². The van der Waals surface area contributed by atoms with Crippen LogP contribution in [0, 0.1) is 20.8 Å². The highest BCUT2D eigenvalue weighted by Gasteiger charge is 2.24. The van der Waals surface area contributed by atoms with Crippen molar-refractivity contribution in [3.05, 3.63) is 121 Å². The number of hydrogen-bond donors (Lipinski definition) is 3. The Kier molecular flexibility index (Phi) is 9.29. The maximum Gasteiger partial charge on any atom is 0.119 e. The molecule has 0 fully saturated rings. The third kappa shape index (κ3) is 7.40. The Morgan fingerprint density at radius 2 is 0.622 bits per heavy atom. The lowest BCUT2D eigenvalue weighted by Crippen LogP contribution is -2.14. The zero-order chi connectivity index (χ0) is 33.6.